The van der Waals surface area contributed by atoms with E-state index < -0.39 is 0 Å². The van der Waals surface area contributed by atoms with Crippen LogP contribution in [0.15, 0.2) is 103 Å². The molecule has 0 aliphatic rings. The van der Waals surface area contributed by atoms with Gasteiger partial charge in [0.15, 0.2) is 0 Å². The van der Waals surface area contributed by atoms with E-state index in [1.807, 2.05) is 42.5 Å². The molecule has 0 unspecified atom stereocenters. The summed E-state index contributed by atoms with van der Waals surface area (Å²) in [5.41, 5.74) is 6.42. The van der Waals surface area contributed by atoms with Crippen LogP contribution in [0.4, 0.5) is 17.1 Å². The Bertz CT molecular complexity index is 1050. The first-order valence-corrected chi connectivity index (χ1v) is 9.34. The maximum absolute atomic E-state index is 11.0. The van der Waals surface area contributed by atoms with E-state index in [-0.39, 0.29) is 0 Å². The summed E-state index contributed by atoms with van der Waals surface area (Å²) in [4.78, 5) is 24.1. The van der Waals surface area contributed by atoms with Crippen LogP contribution in [0.3, 0.4) is 0 Å². The summed E-state index contributed by atoms with van der Waals surface area (Å²) < 4.78 is 0. The molecule has 0 fully saturated rings. The highest BCUT2D eigenvalue weighted by atomic mass is 16.1. The average molecular weight is 377 g/mol. The lowest BCUT2D eigenvalue weighted by Crippen LogP contribution is -2.10. The highest BCUT2D eigenvalue weighted by Gasteiger charge is 2.13. The molecular formula is C26H19NO2. The van der Waals surface area contributed by atoms with Crippen LogP contribution in [-0.2, 0) is 0 Å². The van der Waals surface area contributed by atoms with Gasteiger partial charge < -0.3 is 4.90 Å². The lowest BCUT2D eigenvalue weighted by molar-refractivity contribution is 0.111. The van der Waals surface area contributed by atoms with E-state index in [0.717, 1.165) is 40.8 Å². The van der Waals surface area contributed by atoms with E-state index in [2.05, 4.69) is 41.3 Å². The minimum atomic E-state index is 0.629. The minimum absolute atomic E-state index is 0.629. The molecule has 4 aromatic carbocycles. The van der Waals surface area contributed by atoms with E-state index in [1.165, 1.54) is 0 Å². The summed E-state index contributed by atoms with van der Waals surface area (Å²) in [6.07, 6.45) is 1.67. The second kappa shape index (κ2) is 8.36. The second-order valence-electron chi connectivity index (χ2n) is 6.67. The number of benzene rings is 4. The van der Waals surface area contributed by atoms with Crippen LogP contribution in [0.2, 0.25) is 0 Å². The first-order chi connectivity index (χ1) is 14.3. The Morgan fingerprint density at radius 3 is 1.24 bits per heavy atom. The van der Waals surface area contributed by atoms with Gasteiger partial charge in [-0.05, 0) is 71.8 Å². The van der Waals surface area contributed by atoms with Crippen molar-refractivity contribution < 1.29 is 9.59 Å². The third-order valence-electron chi connectivity index (χ3n) is 4.81. The zero-order valence-electron chi connectivity index (χ0n) is 15.7. The molecule has 0 atom stereocenters. The van der Waals surface area contributed by atoms with Gasteiger partial charge in [-0.15, -0.1) is 0 Å². The highest BCUT2D eigenvalue weighted by Crippen LogP contribution is 2.35. The molecule has 0 radical (unpaired) electrons. The number of aldehydes is 2. The van der Waals surface area contributed by atoms with Gasteiger partial charge in [0, 0.05) is 28.2 Å². The molecule has 0 amide bonds. The zero-order valence-corrected chi connectivity index (χ0v) is 15.7. The summed E-state index contributed by atoms with van der Waals surface area (Å²) in [6.45, 7) is 0. The van der Waals surface area contributed by atoms with Crippen molar-refractivity contribution in [3.05, 3.63) is 114 Å². The van der Waals surface area contributed by atoms with Crippen LogP contribution in [0.25, 0.3) is 11.1 Å². The molecule has 0 aromatic heterocycles. The van der Waals surface area contributed by atoms with Gasteiger partial charge in [-0.3, -0.25) is 9.59 Å². The van der Waals surface area contributed by atoms with E-state index in [0.29, 0.717) is 11.1 Å². The highest BCUT2D eigenvalue weighted by molar-refractivity contribution is 5.82. The van der Waals surface area contributed by atoms with E-state index in [1.54, 1.807) is 24.3 Å². The molecular weight excluding hydrogens is 358 g/mol. The van der Waals surface area contributed by atoms with Crippen LogP contribution in [-0.4, -0.2) is 12.6 Å². The fourth-order valence-electron chi connectivity index (χ4n) is 3.28. The number of anilines is 3. The Hall–Kier alpha value is -3.98. The van der Waals surface area contributed by atoms with Crippen molar-refractivity contribution in [1.29, 1.82) is 0 Å². The van der Waals surface area contributed by atoms with Crippen molar-refractivity contribution in [2.24, 2.45) is 0 Å². The molecule has 4 aromatic rings. The molecule has 29 heavy (non-hydrogen) atoms. The Morgan fingerprint density at radius 2 is 0.828 bits per heavy atom. The fraction of sp³-hybridized carbons (Fsp3) is 0. The van der Waals surface area contributed by atoms with Gasteiger partial charge in [0.05, 0.1) is 0 Å². The van der Waals surface area contributed by atoms with Gasteiger partial charge in [0.25, 0.3) is 0 Å². The fourth-order valence-corrected chi connectivity index (χ4v) is 3.28. The lowest BCUT2D eigenvalue weighted by Gasteiger charge is -2.26. The van der Waals surface area contributed by atoms with E-state index >= 15 is 0 Å². The molecule has 0 spiro atoms. The molecule has 4 rings (SSSR count). The number of hydrogen-bond acceptors (Lipinski definition) is 3. The van der Waals surface area contributed by atoms with E-state index in [4.69, 9.17) is 0 Å². The largest absolute Gasteiger partial charge is 0.311 e. The van der Waals surface area contributed by atoms with Gasteiger partial charge in [0.1, 0.15) is 12.6 Å². The molecule has 140 valence electrons. The van der Waals surface area contributed by atoms with E-state index in [9.17, 15) is 9.59 Å². The molecule has 0 aliphatic heterocycles. The quantitative estimate of drug-likeness (QED) is 0.362. The van der Waals surface area contributed by atoms with Gasteiger partial charge in [-0.1, -0.05) is 42.5 Å². The van der Waals surface area contributed by atoms with Crippen molar-refractivity contribution >= 4 is 29.6 Å². The molecule has 0 N–H and O–H groups in total. The third-order valence-corrected chi connectivity index (χ3v) is 4.81. The maximum atomic E-state index is 11.0. The normalized spacial score (nSPS) is 10.3. The van der Waals surface area contributed by atoms with Crippen LogP contribution < -0.4 is 4.90 Å². The number of nitrogens with zero attached hydrogens (tertiary/aromatic N) is 1. The second-order valence-corrected chi connectivity index (χ2v) is 6.67. The minimum Gasteiger partial charge on any atom is -0.311 e. The molecule has 0 saturated carbocycles. The van der Waals surface area contributed by atoms with Crippen molar-refractivity contribution in [2.75, 3.05) is 4.90 Å². The summed E-state index contributed by atoms with van der Waals surface area (Å²) >= 11 is 0. The smallest absolute Gasteiger partial charge is 0.150 e. The predicted octanol–water partition coefficient (Wildman–Crippen LogP) is 6.45. The van der Waals surface area contributed by atoms with Crippen molar-refractivity contribution in [2.45, 2.75) is 0 Å². The maximum Gasteiger partial charge on any atom is 0.150 e. The first kappa shape index (κ1) is 18.4. The lowest BCUT2D eigenvalue weighted by atomic mass is 10.0. The van der Waals surface area contributed by atoms with Crippen LogP contribution in [0.1, 0.15) is 20.7 Å². The number of rotatable bonds is 6. The zero-order chi connectivity index (χ0) is 20.1. The Labute approximate surface area is 169 Å². The van der Waals surface area contributed by atoms with Crippen molar-refractivity contribution in [1.82, 2.24) is 0 Å². The molecule has 3 nitrogen and oxygen atoms in total. The van der Waals surface area contributed by atoms with Crippen LogP contribution in [0.5, 0.6) is 0 Å². The number of carbonyl (C=O) groups excluding carboxylic acids is 2. The Kier molecular flexibility index (Phi) is 5.30. The SMILES string of the molecule is O=Cc1ccc(N(c2ccc(C=O)cc2)c2ccc(-c3ccccc3)cc2)cc1. The van der Waals surface area contributed by atoms with Gasteiger partial charge in [-0.2, -0.15) is 0 Å². The average Bonchev–Trinajstić information content (AvgIpc) is 2.81. The van der Waals surface area contributed by atoms with Gasteiger partial charge in [0.2, 0.25) is 0 Å². The topological polar surface area (TPSA) is 37.4 Å². The predicted molar refractivity (Wildman–Crippen MR) is 117 cm³/mol. The molecule has 0 heterocycles. The number of hydrogen-bond donors (Lipinski definition) is 0. The summed E-state index contributed by atoms with van der Waals surface area (Å²) in [5, 5.41) is 0. The summed E-state index contributed by atoms with van der Waals surface area (Å²) in [7, 11) is 0. The van der Waals surface area contributed by atoms with Crippen LogP contribution in [0, 0.1) is 0 Å². The van der Waals surface area contributed by atoms with Crippen LogP contribution >= 0.6 is 0 Å². The number of carbonyl (C=O) groups is 2. The third kappa shape index (κ3) is 3.99. The molecule has 0 saturated heterocycles. The van der Waals surface area contributed by atoms with Gasteiger partial charge in [-0.25, -0.2) is 0 Å². The Morgan fingerprint density at radius 1 is 0.448 bits per heavy atom. The van der Waals surface area contributed by atoms with Gasteiger partial charge >= 0.3 is 0 Å². The first-order valence-electron chi connectivity index (χ1n) is 9.34. The molecule has 0 aliphatic carbocycles. The Balaban J connectivity index is 1.76. The molecule has 0 bridgehead atoms. The summed E-state index contributed by atoms with van der Waals surface area (Å²) in [5.74, 6) is 0. The molecule has 3 heteroatoms. The summed E-state index contributed by atoms with van der Waals surface area (Å²) in [6, 6.07) is 33.4. The monoisotopic (exact) mass is 377 g/mol. The standard InChI is InChI=1S/C26H19NO2/c28-18-20-6-12-24(13-7-20)27(25-14-8-21(19-29)9-15-25)26-16-10-23(11-17-26)22-4-2-1-3-5-22/h1-19H. The van der Waals surface area contributed by atoms with Crippen molar-refractivity contribution in [3.8, 4) is 11.1 Å². The van der Waals surface area contributed by atoms with Crippen molar-refractivity contribution in [3.63, 3.8) is 0 Å².